The fraction of sp³-hybridized carbons (Fsp3) is 0.941. The van der Waals surface area contributed by atoms with Gasteiger partial charge in [0, 0.05) is 19.1 Å². The van der Waals surface area contributed by atoms with E-state index in [1.165, 1.54) is 25.7 Å². The lowest BCUT2D eigenvalue weighted by molar-refractivity contribution is -0.187. The molecule has 0 unspecified atom stereocenters. The van der Waals surface area contributed by atoms with Crippen LogP contribution in [0, 0.1) is 5.92 Å². The quantitative estimate of drug-likeness (QED) is 0.618. The number of likely N-dealkylation sites (tertiary alicyclic amines) is 2. The highest BCUT2D eigenvalue weighted by molar-refractivity contribution is 5.78. The average Bonchev–Trinajstić information content (AvgIpc) is 2.79. The smallest absolute Gasteiger partial charge is 0.370 e. The molecule has 0 spiro atoms. The molecule has 0 atom stereocenters. The van der Waals surface area contributed by atoms with Crippen molar-refractivity contribution >= 4 is 5.96 Å². The maximum absolute atomic E-state index is 12.7. The molecule has 0 aromatic heterocycles. The topological polar surface area (TPSA) is 44.9 Å². The number of guanidine groups is 1. The molecule has 3 rings (SSSR count). The van der Waals surface area contributed by atoms with Crippen molar-refractivity contribution in [3.05, 3.63) is 0 Å². The van der Waals surface area contributed by atoms with Gasteiger partial charge in [0.15, 0.2) is 5.96 Å². The van der Waals surface area contributed by atoms with Crippen molar-refractivity contribution in [2.75, 3.05) is 26.2 Å². The van der Waals surface area contributed by atoms with Crippen LogP contribution in [-0.4, -0.2) is 60.2 Å². The molecule has 138 valence electrons. The van der Waals surface area contributed by atoms with Gasteiger partial charge in [0.05, 0.1) is 12.0 Å². The van der Waals surface area contributed by atoms with Gasteiger partial charge >= 0.3 is 6.18 Å². The molecule has 1 aliphatic carbocycles. The molecule has 0 amide bonds. The molecule has 2 heterocycles. The number of hydrogen-bond donors (Lipinski definition) is 1. The normalized spacial score (nSPS) is 31.6. The molecular weight excluding hydrogens is 317 g/mol. The highest BCUT2D eigenvalue weighted by Gasteiger charge is 2.43. The third kappa shape index (κ3) is 4.35. The van der Waals surface area contributed by atoms with Gasteiger partial charge in [0.25, 0.3) is 0 Å². The number of alkyl halides is 3. The standard InChI is InChI=1S/C17H29F3N4/c18-17(19,20)13-5-9-23(10-6-13)15-11-14(12-15)22-16(21)24-7-3-1-2-4-8-24/h13-15H,1-12H2,(H2,21,22). The van der Waals surface area contributed by atoms with Crippen LogP contribution >= 0.6 is 0 Å². The first-order valence-electron chi connectivity index (χ1n) is 9.32. The summed E-state index contributed by atoms with van der Waals surface area (Å²) in [6.45, 7) is 3.12. The highest BCUT2D eigenvalue weighted by atomic mass is 19.4. The van der Waals surface area contributed by atoms with Crippen LogP contribution < -0.4 is 5.73 Å². The van der Waals surface area contributed by atoms with E-state index in [0.717, 1.165) is 25.9 Å². The molecule has 0 aromatic carbocycles. The summed E-state index contributed by atoms with van der Waals surface area (Å²) < 4.78 is 38.2. The Morgan fingerprint density at radius 3 is 2.04 bits per heavy atom. The highest BCUT2D eigenvalue weighted by Crippen LogP contribution is 2.37. The number of halogens is 3. The van der Waals surface area contributed by atoms with E-state index in [2.05, 4.69) is 14.8 Å². The van der Waals surface area contributed by atoms with Crippen molar-refractivity contribution in [3.8, 4) is 0 Å². The average molecular weight is 346 g/mol. The fourth-order valence-corrected chi connectivity index (χ4v) is 4.12. The predicted molar refractivity (Wildman–Crippen MR) is 88.8 cm³/mol. The number of nitrogens with zero attached hydrogens (tertiary/aromatic N) is 3. The van der Waals surface area contributed by atoms with Crippen molar-refractivity contribution in [3.63, 3.8) is 0 Å². The Morgan fingerprint density at radius 2 is 1.50 bits per heavy atom. The van der Waals surface area contributed by atoms with Gasteiger partial charge in [-0.25, -0.2) is 4.99 Å². The molecular formula is C17H29F3N4. The summed E-state index contributed by atoms with van der Waals surface area (Å²) in [5.74, 6) is -0.447. The summed E-state index contributed by atoms with van der Waals surface area (Å²) in [4.78, 5) is 9.07. The van der Waals surface area contributed by atoms with Crippen LogP contribution in [0.25, 0.3) is 0 Å². The first-order valence-corrected chi connectivity index (χ1v) is 9.32. The van der Waals surface area contributed by atoms with E-state index in [0.29, 0.717) is 25.1 Å². The van der Waals surface area contributed by atoms with Gasteiger partial charge in [0.1, 0.15) is 0 Å². The number of nitrogens with two attached hydrogens (primary N) is 1. The van der Waals surface area contributed by atoms with Crippen LogP contribution in [0.4, 0.5) is 13.2 Å². The predicted octanol–water partition coefficient (Wildman–Crippen LogP) is 2.98. The first kappa shape index (κ1) is 17.8. The molecule has 7 heteroatoms. The van der Waals surface area contributed by atoms with E-state index in [1.54, 1.807) is 0 Å². The van der Waals surface area contributed by atoms with Gasteiger partial charge in [-0.15, -0.1) is 0 Å². The summed E-state index contributed by atoms with van der Waals surface area (Å²) in [6, 6.07) is 0.642. The van der Waals surface area contributed by atoms with Crippen LogP contribution in [0.3, 0.4) is 0 Å². The van der Waals surface area contributed by atoms with Gasteiger partial charge in [-0.3, -0.25) is 0 Å². The van der Waals surface area contributed by atoms with E-state index in [4.69, 9.17) is 5.73 Å². The SMILES string of the molecule is NC(=NC1CC(N2CCC(C(F)(F)F)CC2)C1)N1CCCCCC1. The second kappa shape index (κ2) is 7.50. The van der Waals surface area contributed by atoms with Gasteiger partial charge in [-0.05, 0) is 51.6 Å². The van der Waals surface area contributed by atoms with Gasteiger partial charge in [-0.1, -0.05) is 12.8 Å². The van der Waals surface area contributed by atoms with Crippen molar-refractivity contribution < 1.29 is 13.2 Å². The monoisotopic (exact) mass is 346 g/mol. The molecule has 1 saturated carbocycles. The number of rotatable bonds is 2. The summed E-state index contributed by atoms with van der Waals surface area (Å²) >= 11 is 0. The van der Waals surface area contributed by atoms with E-state index in [-0.39, 0.29) is 18.9 Å². The van der Waals surface area contributed by atoms with Crippen LogP contribution in [0.5, 0.6) is 0 Å². The van der Waals surface area contributed by atoms with Crippen molar-refractivity contribution in [2.45, 2.75) is 69.6 Å². The minimum absolute atomic E-state index is 0.240. The summed E-state index contributed by atoms with van der Waals surface area (Å²) in [7, 11) is 0. The number of hydrogen-bond acceptors (Lipinski definition) is 2. The maximum Gasteiger partial charge on any atom is 0.391 e. The minimum atomic E-state index is -4.03. The van der Waals surface area contributed by atoms with Gasteiger partial charge < -0.3 is 15.5 Å². The zero-order valence-electron chi connectivity index (χ0n) is 14.3. The largest absolute Gasteiger partial charge is 0.391 e. The molecule has 0 radical (unpaired) electrons. The molecule has 2 aliphatic heterocycles. The number of piperidine rings is 1. The maximum atomic E-state index is 12.7. The van der Waals surface area contributed by atoms with Crippen LogP contribution in [0.2, 0.25) is 0 Å². The Morgan fingerprint density at radius 1 is 0.917 bits per heavy atom. The van der Waals surface area contributed by atoms with E-state index < -0.39 is 12.1 Å². The summed E-state index contributed by atoms with van der Waals surface area (Å²) in [5.41, 5.74) is 6.16. The van der Waals surface area contributed by atoms with Crippen LogP contribution in [0.15, 0.2) is 4.99 Å². The van der Waals surface area contributed by atoms with Crippen LogP contribution in [0.1, 0.15) is 51.4 Å². The Hall–Kier alpha value is -0.980. The molecule has 24 heavy (non-hydrogen) atoms. The molecule has 2 saturated heterocycles. The molecule has 2 N–H and O–H groups in total. The van der Waals surface area contributed by atoms with Crippen molar-refractivity contribution in [1.82, 2.24) is 9.80 Å². The van der Waals surface area contributed by atoms with Crippen molar-refractivity contribution in [2.24, 2.45) is 16.6 Å². The lowest BCUT2D eigenvalue weighted by Gasteiger charge is -2.44. The zero-order valence-corrected chi connectivity index (χ0v) is 14.3. The third-order valence-corrected chi connectivity index (χ3v) is 5.84. The molecule has 3 aliphatic rings. The van der Waals surface area contributed by atoms with Gasteiger partial charge in [-0.2, -0.15) is 13.2 Å². The summed E-state index contributed by atoms with van der Waals surface area (Å²) in [6.07, 6.45) is 3.21. The van der Waals surface area contributed by atoms with E-state index in [1.807, 2.05) is 0 Å². The fourth-order valence-electron chi connectivity index (χ4n) is 4.12. The Kier molecular flexibility index (Phi) is 5.57. The molecule has 3 fully saturated rings. The molecule has 0 bridgehead atoms. The Labute approximate surface area is 142 Å². The second-order valence-corrected chi connectivity index (χ2v) is 7.52. The first-order chi connectivity index (χ1) is 11.4. The van der Waals surface area contributed by atoms with Crippen molar-refractivity contribution in [1.29, 1.82) is 0 Å². The second-order valence-electron chi connectivity index (χ2n) is 7.52. The zero-order chi connectivity index (χ0) is 17.2. The van der Waals surface area contributed by atoms with Crippen LogP contribution in [-0.2, 0) is 0 Å². The molecule has 0 aromatic rings. The Balaban J connectivity index is 1.42. The number of aliphatic imine (C=N–C) groups is 1. The van der Waals surface area contributed by atoms with Gasteiger partial charge in [0.2, 0.25) is 0 Å². The minimum Gasteiger partial charge on any atom is -0.370 e. The molecule has 4 nitrogen and oxygen atoms in total. The van der Waals surface area contributed by atoms with E-state index in [9.17, 15) is 13.2 Å². The summed E-state index contributed by atoms with van der Waals surface area (Å²) in [5, 5.41) is 0. The third-order valence-electron chi connectivity index (χ3n) is 5.84. The lowest BCUT2D eigenvalue weighted by atomic mass is 9.83. The Bertz CT molecular complexity index is 430. The lowest BCUT2D eigenvalue weighted by Crippen LogP contribution is -2.51. The van der Waals surface area contributed by atoms with E-state index >= 15 is 0 Å².